The van der Waals surface area contributed by atoms with Gasteiger partial charge in [0.2, 0.25) is 5.91 Å². The summed E-state index contributed by atoms with van der Waals surface area (Å²) in [5, 5.41) is 16.3. The van der Waals surface area contributed by atoms with Gasteiger partial charge in [0, 0.05) is 17.8 Å². The van der Waals surface area contributed by atoms with E-state index < -0.39 is 4.92 Å². The molecule has 1 aliphatic rings. The van der Waals surface area contributed by atoms with Crippen molar-refractivity contribution in [2.75, 3.05) is 18.4 Å². The van der Waals surface area contributed by atoms with E-state index in [1.807, 2.05) is 0 Å². The van der Waals surface area contributed by atoms with Gasteiger partial charge >= 0.3 is 0 Å². The number of benzene rings is 1. The molecule has 0 unspecified atom stereocenters. The molecule has 1 fully saturated rings. The number of hydrogen-bond donors (Lipinski definition) is 2. The lowest BCUT2D eigenvalue weighted by Gasteiger charge is -2.06. The van der Waals surface area contributed by atoms with Crippen LogP contribution in [-0.4, -0.2) is 23.9 Å². The van der Waals surface area contributed by atoms with E-state index in [1.165, 1.54) is 25.0 Å². The monoisotopic (exact) mass is 249 g/mol. The number of amides is 1. The van der Waals surface area contributed by atoms with E-state index in [2.05, 4.69) is 10.6 Å². The van der Waals surface area contributed by atoms with Gasteiger partial charge in [-0.15, -0.1) is 0 Å². The average Bonchev–Trinajstić information content (AvgIpc) is 3.13. The van der Waals surface area contributed by atoms with E-state index >= 15 is 0 Å². The fraction of sp³-hybridized carbons (Fsp3) is 0.417. The lowest BCUT2D eigenvalue weighted by molar-refractivity contribution is -0.384. The van der Waals surface area contributed by atoms with Crippen molar-refractivity contribution in [1.82, 2.24) is 5.32 Å². The van der Waals surface area contributed by atoms with Crippen LogP contribution in [0.2, 0.25) is 0 Å². The molecule has 0 heterocycles. The van der Waals surface area contributed by atoms with E-state index in [-0.39, 0.29) is 18.1 Å². The molecule has 0 atom stereocenters. The quantitative estimate of drug-likeness (QED) is 0.591. The summed E-state index contributed by atoms with van der Waals surface area (Å²) in [6, 6.07) is 5.91. The van der Waals surface area contributed by atoms with Crippen LogP contribution in [-0.2, 0) is 4.79 Å². The number of hydrogen-bond acceptors (Lipinski definition) is 4. The Bertz CT molecular complexity index is 458. The Labute approximate surface area is 105 Å². The number of carbonyl (C=O) groups excluding carboxylic acids is 1. The highest BCUT2D eigenvalue weighted by molar-refractivity contribution is 5.92. The van der Waals surface area contributed by atoms with Crippen LogP contribution in [0, 0.1) is 16.0 Å². The third kappa shape index (κ3) is 3.81. The molecule has 18 heavy (non-hydrogen) atoms. The molecule has 96 valence electrons. The van der Waals surface area contributed by atoms with E-state index in [4.69, 9.17) is 0 Å². The Morgan fingerprint density at radius 2 is 2.22 bits per heavy atom. The number of anilines is 1. The number of nitrogens with zero attached hydrogens (tertiary/aromatic N) is 1. The van der Waals surface area contributed by atoms with Crippen LogP contribution in [0.5, 0.6) is 0 Å². The van der Waals surface area contributed by atoms with E-state index in [9.17, 15) is 14.9 Å². The summed E-state index contributed by atoms with van der Waals surface area (Å²) in [4.78, 5) is 21.6. The molecule has 0 bridgehead atoms. The fourth-order valence-electron chi connectivity index (χ4n) is 1.61. The second-order valence-electron chi connectivity index (χ2n) is 4.43. The first kappa shape index (κ1) is 12.5. The molecule has 2 N–H and O–H groups in total. The average molecular weight is 249 g/mol. The van der Waals surface area contributed by atoms with Gasteiger partial charge in [-0.05, 0) is 31.4 Å². The first-order valence-electron chi connectivity index (χ1n) is 5.90. The first-order valence-corrected chi connectivity index (χ1v) is 5.90. The van der Waals surface area contributed by atoms with Crippen LogP contribution < -0.4 is 10.6 Å². The molecule has 1 saturated carbocycles. The summed E-state index contributed by atoms with van der Waals surface area (Å²) < 4.78 is 0. The van der Waals surface area contributed by atoms with Crippen LogP contribution in [0.4, 0.5) is 11.4 Å². The van der Waals surface area contributed by atoms with Crippen molar-refractivity contribution in [2.24, 2.45) is 5.92 Å². The van der Waals surface area contributed by atoms with Crippen LogP contribution >= 0.6 is 0 Å². The van der Waals surface area contributed by atoms with Crippen molar-refractivity contribution in [1.29, 1.82) is 0 Å². The maximum atomic E-state index is 11.6. The summed E-state index contributed by atoms with van der Waals surface area (Å²) in [6.07, 6.45) is 2.47. The molecule has 0 aromatic heterocycles. The predicted molar refractivity (Wildman–Crippen MR) is 67.3 cm³/mol. The number of nitro groups is 1. The molecule has 0 aliphatic heterocycles. The van der Waals surface area contributed by atoms with Crippen molar-refractivity contribution >= 4 is 17.3 Å². The maximum absolute atomic E-state index is 11.6. The Morgan fingerprint density at radius 3 is 2.89 bits per heavy atom. The van der Waals surface area contributed by atoms with Gasteiger partial charge in [0.1, 0.15) is 0 Å². The second-order valence-corrected chi connectivity index (χ2v) is 4.43. The maximum Gasteiger partial charge on any atom is 0.271 e. The zero-order valence-corrected chi connectivity index (χ0v) is 9.89. The highest BCUT2D eigenvalue weighted by atomic mass is 16.6. The first-order chi connectivity index (χ1) is 8.65. The largest absolute Gasteiger partial charge is 0.325 e. The van der Waals surface area contributed by atoms with Gasteiger partial charge in [-0.1, -0.05) is 6.07 Å². The van der Waals surface area contributed by atoms with Crippen molar-refractivity contribution in [3.8, 4) is 0 Å². The van der Waals surface area contributed by atoms with Gasteiger partial charge in [0.15, 0.2) is 0 Å². The molecule has 2 rings (SSSR count). The summed E-state index contributed by atoms with van der Waals surface area (Å²) in [5.74, 6) is 0.534. The second kappa shape index (κ2) is 5.59. The van der Waals surface area contributed by atoms with Crippen LogP contribution in [0.1, 0.15) is 12.8 Å². The highest BCUT2D eigenvalue weighted by Crippen LogP contribution is 2.27. The zero-order chi connectivity index (χ0) is 13.0. The molecule has 1 amide bonds. The standard InChI is InChI=1S/C12H15N3O3/c16-12(8-13-7-9-4-5-9)14-10-2-1-3-11(6-10)15(17)18/h1-3,6,9,13H,4-5,7-8H2,(H,14,16). The molecule has 6 heteroatoms. The number of nitro benzene ring substituents is 1. The molecule has 0 saturated heterocycles. The predicted octanol–water partition coefficient (Wildman–Crippen LogP) is 1.53. The topological polar surface area (TPSA) is 84.3 Å². The molecule has 0 spiro atoms. The Hall–Kier alpha value is -1.95. The molecular formula is C12H15N3O3. The van der Waals surface area contributed by atoms with Crippen molar-refractivity contribution in [3.05, 3.63) is 34.4 Å². The van der Waals surface area contributed by atoms with Crippen molar-refractivity contribution in [2.45, 2.75) is 12.8 Å². The van der Waals surface area contributed by atoms with Gasteiger partial charge in [0.05, 0.1) is 11.5 Å². The van der Waals surface area contributed by atoms with E-state index in [0.29, 0.717) is 5.69 Å². The molecular weight excluding hydrogens is 234 g/mol. The number of nitrogens with one attached hydrogen (secondary N) is 2. The summed E-state index contributed by atoms with van der Waals surface area (Å²) in [6.45, 7) is 1.10. The van der Waals surface area contributed by atoms with E-state index in [0.717, 1.165) is 12.5 Å². The molecule has 6 nitrogen and oxygen atoms in total. The minimum absolute atomic E-state index is 0.0289. The van der Waals surface area contributed by atoms with Crippen LogP contribution in [0.3, 0.4) is 0 Å². The normalized spacial score (nSPS) is 14.2. The Balaban J connectivity index is 1.81. The summed E-state index contributed by atoms with van der Waals surface area (Å²) in [5.41, 5.74) is 0.418. The lowest BCUT2D eigenvalue weighted by Crippen LogP contribution is -2.29. The number of rotatable bonds is 6. The van der Waals surface area contributed by atoms with Crippen molar-refractivity contribution in [3.63, 3.8) is 0 Å². The van der Waals surface area contributed by atoms with Gasteiger partial charge in [-0.3, -0.25) is 14.9 Å². The van der Waals surface area contributed by atoms with Gasteiger partial charge < -0.3 is 10.6 Å². The van der Waals surface area contributed by atoms with Gasteiger partial charge in [0.25, 0.3) is 5.69 Å². The fourth-order valence-corrected chi connectivity index (χ4v) is 1.61. The lowest BCUT2D eigenvalue weighted by atomic mass is 10.3. The van der Waals surface area contributed by atoms with Crippen molar-refractivity contribution < 1.29 is 9.72 Å². The smallest absolute Gasteiger partial charge is 0.271 e. The summed E-state index contributed by atoms with van der Waals surface area (Å²) >= 11 is 0. The molecule has 1 aromatic carbocycles. The summed E-state index contributed by atoms with van der Waals surface area (Å²) in [7, 11) is 0. The third-order valence-corrected chi connectivity index (χ3v) is 2.76. The zero-order valence-electron chi connectivity index (χ0n) is 9.89. The Morgan fingerprint density at radius 1 is 1.44 bits per heavy atom. The molecule has 1 aliphatic carbocycles. The minimum atomic E-state index is -0.485. The number of non-ortho nitro benzene ring substituents is 1. The molecule has 0 radical (unpaired) electrons. The number of carbonyl (C=O) groups is 1. The van der Waals surface area contributed by atoms with E-state index in [1.54, 1.807) is 12.1 Å². The van der Waals surface area contributed by atoms with Gasteiger partial charge in [-0.2, -0.15) is 0 Å². The van der Waals surface area contributed by atoms with Gasteiger partial charge in [-0.25, -0.2) is 0 Å². The Kier molecular flexibility index (Phi) is 3.88. The van der Waals surface area contributed by atoms with Crippen LogP contribution in [0.15, 0.2) is 24.3 Å². The van der Waals surface area contributed by atoms with Crippen LogP contribution in [0.25, 0.3) is 0 Å². The SMILES string of the molecule is O=C(CNCC1CC1)Nc1cccc([N+](=O)[O-])c1. The molecule has 1 aromatic rings. The highest BCUT2D eigenvalue weighted by Gasteiger charge is 2.20. The minimum Gasteiger partial charge on any atom is -0.325 e. The third-order valence-electron chi connectivity index (χ3n) is 2.76.